The van der Waals surface area contributed by atoms with Crippen LogP contribution in [-0.2, 0) is 22.4 Å². The van der Waals surface area contributed by atoms with Gasteiger partial charge in [-0.2, -0.15) is 4.98 Å². The number of aryl methyl sites for hydroxylation is 2. The lowest BCUT2D eigenvalue weighted by Crippen LogP contribution is -2.50. The average molecular weight is 841 g/mol. The Labute approximate surface area is 367 Å². The number of para-hydroxylation sites is 1. The van der Waals surface area contributed by atoms with Crippen molar-refractivity contribution in [2.24, 2.45) is 11.7 Å². The van der Waals surface area contributed by atoms with Crippen LogP contribution in [-0.4, -0.2) is 123 Å². The first-order valence-corrected chi connectivity index (χ1v) is 22.5. The summed E-state index contributed by atoms with van der Waals surface area (Å²) in [5, 5.41) is 16.9. The van der Waals surface area contributed by atoms with Crippen molar-refractivity contribution in [3.63, 3.8) is 0 Å². The molecule has 0 bridgehead atoms. The largest absolute Gasteiger partial charge is 0.503 e. The summed E-state index contributed by atoms with van der Waals surface area (Å²) in [6.45, 7) is 31.3. The number of hydrogen-bond acceptors (Lipinski definition) is 12. The third-order valence-corrected chi connectivity index (χ3v) is 9.71. The number of carbonyl (C=O) groups excluding carboxylic acids is 1. The Kier molecular flexibility index (Phi) is 35.9. The Morgan fingerprint density at radius 2 is 1.55 bits per heavy atom. The quantitative estimate of drug-likeness (QED) is 0.122. The van der Waals surface area contributed by atoms with Crippen LogP contribution in [0.5, 0.6) is 11.5 Å². The van der Waals surface area contributed by atoms with Gasteiger partial charge >= 0.3 is 0 Å². The molecule has 5 N–H and O–H groups in total. The van der Waals surface area contributed by atoms with E-state index in [4.69, 9.17) is 15.3 Å². The Bertz CT molecular complexity index is 1460. The Morgan fingerprint density at radius 3 is 2.05 bits per heavy atom. The first-order valence-electron chi connectivity index (χ1n) is 22.5. The van der Waals surface area contributed by atoms with E-state index in [0.717, 1.165) is 68.3 Å². The zero-order chi connectivity index (χ0) is 45.9. The maximum Gasteiger partial charge on any atom is 0.229 e. The second kappa shape index (κ2) is 37.0. The number of aromatic nitrogens is 2. The molecule has 2 atom stereocenters. The van der Waals surface area contributed by atoms with Gasteiger partial charge in [0, 0.05) is 58.2 Å². The van der Waals surface area contributed by atoms with Crippen LogP contribution in [0, 0.1) is 12.8 Å². The molecule has 1 aromatic heterocycles. The number of ether oxygens (including phenoxy) is 2. The number of rotatable bonds is 13. The minimum atomic E-state index is -0.00531. The molecule has 60 heavy (non-hydrogen) atoms. The van der Waals surface area contributed by atoms with Crippen molar-refractivity contribution >= 4 is 29.9 Å². The highest BCUT2D eigenvalue weighted by Gasteiger charge is 2.27. The van der Waals surface area contributed by atoms with Gasteiger partial charge in [0.05, 0.1) is 19.0 Å². The third kappa shape index (κ3) is 23.3. The molecule has 2 aliphatic rings. The van der Waals surface area contributed by atoms with Gasteiger partial charge < -0.3 is 45.5 Å². The molecule has 1 aliphatic heterocycles. The molecule has 5 rings (SSSR count). The second-order valence-corrected chi connectivity index (χ2v) is 14.6. The van der Waals surface area contributed by atoms with Crippen LogP contribution < -0.4 is 21.1 Å². The molecule has 0 saturated carbocycles. The van der Waals surface area contributed by atoms with Gasteiger partial charge in [0.2, 0.25) is 5.95 Å². The molecule has 12 heteroatoms. The molecule has 3 aromatic rings. The lowest BCUT2D eigenvalue weighted by molar-refractivity contribution is -0.0980. The number of benzene rings is 2. The first-order chi connectivity index (χ1) is 29.0. The fourth-order valence-corrected chi connectivity index (χ4v) is 6.41. The molecule has 0 amide bonds. The minimum absolute atomic E-state index is 0.00531. The topological polar surface area (TPSA) is 141 Å². The zero-order valence-corrected chi connectivity index (χ0v) is 40.5. The summed E-state index contributed by atoms with van der Waals surface area (Å²) in [4.78, 5) is 24.3. The van der Waals surface area contributed by atoms with Gasteiger partial charge in [-0.15, -0.1) is 0 Å². The molecule has 344 valence electrons. The molecule has 1 fully saturated rings. The van der Waals surface area contributed by atoms with Crippen LogP contribution in [0.15, 0.2) is 42.6 Å². The number of piperazine rings is 1. The number of fused-ring (bicyclic) bond motifs is 1. The molecule has 1 saturated heterocycles. The van der Waals surface area contributed by atoms with Crippen LogP contribution in [0.2, 0.25) is 0 Å². The highest BCUT2D eigenvalue weighted by Crippen LogP contribution is 2.35. The van der Waals surface area contributed by atoms with E-state index in [0.29, 0.717) is 23.7 Å². The van der Waals surface area contributed by atoms with Gasteiger partial charge in [0.1, 0.15) is 12.5 Å². The van der Waals surface area contributed by atoms with Gasteiger partial charge in [-0.3, -0.25) is 4.90 Å². The number of nitrogens with one attached hydrogen (secondary N) is 2. The van der Waals surface area contributed by atoms with E-state index in [9.17, 15) is 5.11 Å². The van der Waals surface area contributed by atoms with Crippen molar-refractivity contribution in [1.82, 2.24) is 24.7 Å². The Hall–Kier alpha value is -3.81. The molecule has 2 unspecified atom stereocenters. The van der Waals surface area contributed by atoms with Gasteiger partial charge in [0.15, 0.2) is 11.6 Å². The number of nitrogens with zero attached hydrogens (tertiary/aromatic N) is 5. The second-order valence-electron chi connectivity index (χ2n) is 14.6. The van der Waals surface area contributed by atoms with Gasteiger partial charge in [-0.25, -0.2) is 4.98 Å². The van der Waals surface area contributed by atoms with Crippen LogP contribution in [0.25, 0.3) is 0 Å². The predicted octanol–water partition coefficient (Wildman–Crippen LogP) is 9.73. The van der Waals surface area contributed by atoms with E-state index < -0.39 is 0 Å². The number of unbranched alkanes of at least 4 members (excludes halogenated alkanes) is 1. The summed E-state index contributed by atoms with van der Waals surface area (Å²) in [5.41, 5.74) is 10.9. The number of methoxy groups -OCH3 is 2. The molecular weight excluding hydrogens is 753 g/mol. The number of anilines is 4. The lowest BCUT2D eigenvalue weighted by atomic mass is 9.99. The van der Waals surface area contributed by atoms with Gasteiger partial charge in [-0.1, -0.05) is 86.4 Å². The standard InChI is InChI=1S/C30H40N6O2.C6H16N2.C4H10.C3H8O.2C2H6.CH2O/c1-4-12-35-13-15-36(16-14-35)24-10-7-9-22-18-26(28(38-3)19-23(22)17-24)33-30-31-20-27(37)29(34-30)32-25-11-6-5-8-21(25)2;1-6(4-7)5-8(2)3;2*1-3-4-2;3*1-2/h5-6,8,11,18-20,24,37H,4,7,9-10,12-17H2,1-3H3,(H2,31,32,33,34);6H,4-5,7H2,1-3H3;3-4H2,1-2H3;3H2,1-2H3;2*1-2H3;1H2. The molecule has 0 radical (unpaired) electrons. The number of aromatic hydroxyl groups is 1. The van der Waals surface area contributed by atoms with Crippen molar-refractivity contribution in [2.75, 3.05) is 91.4 Å². The SMILES string of the molecule is C=O.CC.CC.CC(CN)CN(C)C.CCCC.CCCN1CCN(C2CCCc3cc(Nc4ncc(O)c(Nc5ccccc5C)n4)c(OC)cc3C2)CC1.CCOC. The summed E-state index contributed by atoms with van der Waals surface area (Å²) >= 11 is 0. The van der Waals surface area contributed by atoms with E-state index >= 15 is 0 Å². The number of carbonyl (C=O) groups is 1. The lowest BCUT2D eigenvalue weighted by Gasteiger charge is -2.39. The normalized spacial score (nSPS) is 14.9. The smallest absolute Gasteiger partial charge is 0.229 e. The van der Waals surface area contributed by atoms with Crippen molar-refractivity contribution in [2.45, 2.75) is 120 Å². The van der Waals surface area contributed by atoms with Crippen molar-refractivity contribution < 1.29 is 19.4 Å². The molecule has 2 aromatic carbocycles. The number of nitrogens with two attached hydrogens (primary N) is 1. The summed E-state index contributed by atoms with van der Waals surface area (Å²) in [6.07, 6.45) is 9.79. The van der Waals surface area contributed by atoms with Crippen LogP contribution in [0.1, 0.15) is 111 Å². The Morgan fingerprint density at radius 1 is 0.933 bits per heavy atom. The Balaban J connectivity index is 0. The van der Waals surface area contributed by atoms with Gasteiger partial charge in [-0.05, 0) is 114 Å². The maximum atomic E-state index is 10.4. The zero-order valence-electron chi connectivity index (χ0n) is 40.5. The molecule has 12 nitrogen and oxygen atoms in total. The molecule has 2 heterocycles. The number of hydrogen-bond donors (Lipinski definition) is 4. The van der Waals surface area contributed by atoms with Crippen LogP contribution in [0.4, 0.5) is 23.1 Å². The van der Waals surface area contributed by atoms with Crippen molar-refractivity contribution in [3.8, 4) is 11.5 Å². The third-order valence-electron chi connectivity index (χ3n) is 9.71. The highest BCUT2D eigenvalue weighted by atomic mass is 16.5. The maximum absolute atomic E-state index is 10.4. The summed E-state index contributed by atoms with van der Waals surface area (Å²) in [5.74, 6) is 2.16. The van der Waals surface area contributed by atoms with E-state index in [1.54, 1.807) is 14.2 Å². The summed E-state index contributed by atoms with van der Waals surface area (Å²) < 4.78 is 10.3. The molecular formula is C48H88N8O4. The van der Waals surface area contributed by atoms with Crippen LogP contribution in [0.3, 0.4) is 0 Å². The van der Waals surface area contributed by atoms with Crippen molar-refractivity contribution in [3.05, 3.63) is 59.3 Å². The van der Waals surface area contributed by atoms with E-state index in [-0.39, 0.29) is 5.75 Å². The minimum Gasteiger partial charge on any atom is -0.503 e. The monoisotopic (exact) mass is 841 g/mol. The average Bonchev–Trinajstić information content (AvgIpc) is 3.50. The fourth-order valence-electron chi connectivity index (χ4n) is 6.41. The van der Waals surface area contributed by atoms with E-state index in [2.05, 4.69) is 94.0 Å². The first kappa shape index (κ1) is 58.3. The van der Waals surface area contributed by atoms with Gasteiger partial charge in [0.25, 0.3) is 0 Å². The fraction of sp³-hybridized carbons (Fsp3) is 0.646. The molecule has 0 spiro atoms. The highest BCUT2D eigenvalue weighted by molar-refractivity contribution is 5.69. The summed E-state index contributed by atoms with van der Waals surface area (Å²) in [6, 6.07) is 12.9. The predicted molar refractivity (Wildman–Crippen MR) is 258 cm³/mol. The van der Waals surface area contributed by atoms with E-state index in [1.165, 1.54) is 69.1 Å². The van der Waals surface area contributed by atoms with Crippen LogP contribution >= 0.6 is 0 Å². The summed E-state index contributed by atoms with van der Waals surface area (Å²) in [7, 11) is 7.51. The van der Waals surface area contributed by atoms with Crippen molar-refractivity contribution in [1.29, 1.82) is 0 Å². The molecule has 1 aliphatic carbocycles. The van der Waals surface area contributed by atoms with E-state index in [1.807, 2.05) is 72.6 Å².